The van der Waals surface area contributed by atoms with Gasteiger partial charge in [0.25, 0.3) is 0 Å². The molecule has 104 valence electrons. The summed E-state index contributed by atoms with van der Waals surface area (Å²) in [4.78, 5) is 0. The van der Waals surface area contributed by atoms with Crippen LogP contribution in [-0.2, 0) is 0 Å². The molecule has 0 bridgehead atoms. The summed E-state index contributed by atoms with van der Waals surface area (Å²) >= 11 is 0. The van der Waals surface area contributed by atoms with Crippen LogP contribution in [0.5, 0.6) is 0 Å². The molecule has 0 radical (unpaired) electrons. The van der Waals surface area contributed by atoms with E-state index in [1.807, 2.05) is 0 Å². The van der Waals surface area contributed by atoms with Crippen molar-refractivity contribution in [3.8, 4) is 0 Å². The monoisotopic (exact) mass is 272 g/mol. The first-order chi connectivity index (χ1) is 8.27. The summed E-state index contributed by atoms with van der Waals surface area (Å²) in [6.07, 6.45) is 13.4. The predicted octanol–water partition coefficient (Wildman–Crippen LogP) is 5.01. The van der Waals surface area contributed by atoms with Gasteiger partial charge >= 0.3 is 0 Å². The summed E-state index contributed by atoms with van der Waals surface area (Å²) in [5.41, 5.74) is 0. The van der Waals surface area contributed by atoms with E-state index in [2.05, 4.69) is 20.0 Å². The van der Waals surface area contributed by atoms with Gasteiger partial charge in [-0.3, -0.25) is 0 Å². The quantitative estimate of drug-likeness (QED) is 0.327. The molecule has 0 saturated heterocycles. The standard InChI is InChI=1S/C15H36Si2/c1-4-5-6-7-8-9-10-11-12-13-16-14-15-17(2)3/h17H,4-16H2,1-3H3. The van der Waals surface area contributed by atoms with Gasteiger partial charge in [-0.25, -0.2) is 0 Å². The Morgan fingerprint density at radius 1 is 0.706 bits per heavy atom. The van der Waals surface area contributed by atoms with Crippen molar-refractivity contribution in [2.24, 2.45) is 0 Å². The van der Waals surface area contributed by atoms with Gasteiger partial charge in [0.05, 0.1) is 0 Å². The minimum Gasteiger partial charge on any atom is -0.0722 e. The minimum absolute atomic E-state index is 0.220. The Morgan fingerprint density at radius 2 is 1.24 bits per heavy atom. The van der Waals surface area contributed by atoms with Crippen molar-refractivity contribution >= 4 is 18.3 Å². The Bertz CT molecular complexity index is 135. The second kappa shape index (κ2) is 14.5. The highest BCUT2D eigenvalue weighted by molar-refractivity contribution is 6.57. The van der Waals surface area contributed by atoms with Crippen LogP contribution < -0.4 is 0 Å². The summed E-state index contributed by atoms with van der Waals surface area (Å²) in [6.45, 7) is 7.28. The predicted molar refractivity (Wildman–Crippen MR) is 89.1 cm³/mol. The summed E-state index contributed by atoms with van der Waals surface area (Å²) in [5, 5.41) is 0. The van der Waals surface area contributed by atoms with Crippen molar-refractivity contribution in [1.82, 2.24) is 0 Å². The van der Waals surface area contributed by atoms with Gasteiger partial charge in [-0.15, -0.1) is 0 Å². The second-order valence-electron chi connectivity index (χ2n) is 6.07. The highest BCUT2D eigenvalue weighted by atomic mass is 28.3. The summed E-state index contributed by atoms with van der Waals surface area (Å²) in [5.74, 6) is 0. The Morgan fingerprint density at radius 3 is 1.76 bits per heavy atom. The molecule has 0 fully saturated rings. The zero-order valence-electron chi connectivity index (χ0n) is 12.8. The molecule has 17 heavy (non-hydrogen) atoms. The smallest absolute Gasteiger partial charge is 0.0302 e. The molecular formula is C15H36Si2. The van der Waals surface area contributed by atoms with E-state index in [1.165, 1.54) is 51.4 Å². The fourth-order valence-electron chi connectivity index (χ4n) is 2.39. The number of hydrogen-bond donors (Lipinski definition) is 0. The number of unbranched alkanes of at least 4 members (excludes halogenated alkanes) is 8. The van der Waals surface area contributed by atoms with Gasteiger partial charge in [0.2, 0.25) is 0 Å². The van der Waals surface area contributed by atoms with Crippen LogP contribution >= 0.6 is 0 Å². The van der Waals surface area contributed by atoms with Crippen LogP contribution in [0.4, 0.5) is 0 Å². The topological polar surface area (TPSA) is 0 Å². The van der Waals surface area contributed by atoms with E-state index in [9.17, 15) is 0 Å². The number of rotatable bonds is 13. The lowest BCUT2D eigenvalue weighted by atomic mass is 10.1. The third-order valence-electron chi connectivity index (χ3n) is 3.64. The van der Waals surface area contributed by atoms with E-state index in [1.54, 1.807) is 24.6 Å². The van der Waals surface area contributed by atoms with E-state index < -0.39 is 0 Å². The Labute approximate surface area is 114 Å². The SMILES string of the molecule is CCCCCCCCCCC[SiH2]CC[SiH](C)C. The molecule has 0 unspecified atom stereocenters. The van der Waals surface area contributed by atoms with Gasteiger partial charge in [-0.05, 0) is 0 Å². The minimum atomic E-state index is -0.220. The van der Waals surface area contributed by atoms with Gasteiger partial charge < -0.3 is 0 Å². The first kappa shape index (κ1) is 17.4. The highest BCUT2D eigenvalue weighted by Crippen LogP contribution is 2.11. The number of hydrogen-bond acceptors (Lipinski definition) is 0. The lowest BCUT2D eigenvalue weighted by molar-refractivity contribution is 0.572. The van der Waals surface area contributed by atoms with Crippen molar-refractivity contribution in [1.29, 1.82) is 0 Å². The Kier molecular flexibility index (Phi) is 14.9. The molecule has 0 heterocycles. The first-order valence-corrected chi connectivity index (χ1v) is 13.4. The second-order valence-corrected chi connectivity index (χ2v) is 11.6. The molecule has 0 aliphatic heterocycles. The van der Waals surface area contributed by atoms with Gasteiger partial charge in [-0.2, -0.15) is 0 Å². The van der Waals surface area contributed by atoms with Crippen molar-refractivity contribution < 1.29 is 0 Å². The zero-order valence-corrected chi connectivity index (χ0v) is 15.3. The van der Waals surface area contributed by atoms with Crippen LogP contribution in [0.25, 0.3) is 0 Å². The van der Waals surface area contributed by atoms with Crippen LogP contribution in [0.15, 0.2) is 0 Å². The Hall–Kier alpha value is 0.434. The normalized spacial score (nSPS) is 12.0. The molecule has 0 amide bonds. The molecule has 0 aromatic heterocycles. The molecule has 0 aliphatic rings. The molecule has 0 rings (SSSR count). The van der Waals surface area contributed by atoms with Crippen LogP contribution in [0.1, 0.15) is 64.7 Å². The lowest BCUT2D eigenvalue weighted by Gasteiger charge is -2.03. The van der Waals surface area contributed by atoms with Crippen LogP contribution in [0.3, 0.4) is 0 Å². The van der Waals surface area contributed by atoms with E-state index in [0.717, 1.165) is 0 Å². The van der Waals surface area contributed by atoms with Gasteiger partial charge in [0.15, 0.2) is 0 Å². The molecule has 0 aromatic carbocycles. The van der Waals surface area contributed by atoms with Crippen molar-refractivity contribution in [3.05, 3.63) is 0 Å². The van der Waals surface area contributed by atoms with Crippen LogP contribution in [0.2, 0.25) is 31.2 Å². The van der Waals surface area contributed by atoms with E-state index in [4.69, 9.17) is 0 Å². The summed E-state index contributed by atoms with van der Waals surface area (Å²) in [7, 11) is 0.132. The summed E-state index contributed by atoms with van der Waals surface area (Å²) < 4.78 is 0. The van der Waals surface area contributed by atoms with E-state index in [-0.39, 0.29) is 8.80 Å². The molecule has 0 atom stereocenters. The molecular weight excluding hydrogens is 236 g/mol. The fourth-order valence-corrected chi connectivity index (χ4v) is 7.87. The van der Waals surface area contributed by atoms with E-state index >= 15 is 0 Å². The van der Waals surface area contributed by atoms with Crippen molar-refractivity contribution in [2.75, 3.05) is 0 Å². The molecule has 0 aromatic rings. The maximum Gasteiger partial charge on any atom is 0.0302 e. The van der Waals surface area contributed by atoms with Crippen molar-refractivity contribution in [3.63, 3.8) is 0 Å². The molecule has 0 saturated carbocycles. The van der Waals surface area contributed by atoms with Gasteiger partial charge in [0, 0.05) is 18.3 Å². The molecule has 0 nitrogen and oxygen atoms in total. The van der Waals surface area contributed by atoms with E-state index in [0.29, 0.717) is 9.52 Å². The largest absolute Gasteiger partial charge is 0.0722 e. The summed E-state index contributed by atoms with van der Waals surface area (Å²) in [6, 6.07) is 4.92. The molecule has 0 N–H and O–H groups in total. The van der Waals surface area contributed by atoms with Crippen molar-refractivity contribution in [2.45, 2.75) is 95.9 Å². The lowest BCUT2D eigenvalue weighted by Crippen LogP contribution is -2.00. The third-order valence-corrected chi connectivity index (χ3v) is 7.92. The molecule has 0 spiro atoms. The van der Waals surface area contributed by atoms with Crippen LogP contribution in [-0.4, -0.2) is 18.3 Å². The highest BCUT2D eigenvalue weighted by Gasteiger charge is 1.96. The maximum atomic E-state index is 2.49. The van der Waals surface area contributed by atoms with Crippen LogP contribution in [0, 0.1) is 0 Å². The zero-order chi connectivity index (χ0) is 12.8. The molecule has 0 aliphatic carbocycles. The van der Waals surface area contributed by atoms with Gasteiger partial charge in [0.1, 0.15) is 0 Å². The average molecular weight is 273 g/mol. The molecule has 2 heteroatoms. The Balaban J connectivity index is 2.89. The first-order valence-electron chi connectivity index (χ1n) is 8.27. The maximum absolute atomic E-state index is 2.49. The average Bonchev–Trinajstić information content (AvgIpc) is 2.30. The van der Waals surface area contributed by atoms with Gasteiger partial charge in [-0.1, -0.05) is 95.9 Å². The third kappa shape index (κ3) is 16.4. The fraction of sp³-hybridized carbons (Fsp3) is 1.00.